The molecule has 46 heavy (non-hydrogen) atoms. The minimum atomic E-state index is -0.829. The third kappa shape index (κ3) is 5.71. The number of benzene rings is 4. The molecule has 5 aromatic rings. The van der Waals surface area contributed by atoms with E-state index in [1.54, 1.807) is 7.11 Å². The Kier molecular flexibility index (Phi) is 7.96. The lowest BCUT2D eigenvalue weighted by atomic mass is 9.82. The summed E-state index contributed by atoms with van der Waals surface area (Å²) in [5.74, 6) is 3.61. The summed E-state index contributed by atoms with van der Waals surface area (Å²) in [6, 6.07) is 36.5. The van der Waals surface area contributed by atoms with Crippen molar-refractivity contribution in [3.8, 4) is 39.9 Å². The number of ether oxygens (including phenoxy) is 2. The Hall–Kier alpha value is -5.81. The quantitative estimate of drug-likeness (QED) is 0.187. The topological polar surface area (TPSA) is 57.1 Å². The second-order valence-electron chi connectivity index (χ2n) is 11.2. The SMILES string of the molecule is C/C=C\C=C1\C=CC2=C(C1)OC(c1ccc(OC)cc1)(c1ccc(-c3nc(-c4ccccc4)nc(-c4ccccc4)n3)cc1)C=C2. The van der Waals surface area contributed by atoms with Crippen molar-refractivity contribution in [2.75, 3.05) is 7.11 Å². The van der Waals surface area contributed by atoms with Crippen LogP contribution in [0.15, 0.2) is 169 Å². The monoisotopic (exact) mass is 599 g/mol. The Labute approximate surface area is 269 Å². The molecule has 0 saturated heterocycles. The number of hydrogen-bond acceptors (Lipinski definition) is 5. The van der Waals surface area contributed by atoms with E-state index in [4.69, 9.17) is 24.4 Å². The zero-order valence-corrected chi connectivity index (χ0v) is 25.8. The van der Waals surface area contributed by atoms with Gasteiger partial charge in [-0.3, -0.25) is 0 Å². The van der Waals surface area contributed by atoms with Crippen LogP contribution in [0.2, 0.25) is 0 Å². The lowest BCUT2D eigenvalue weighted by Gasteiger charge is -2.38. The summed E-state index contributed by atoms with van der Waals surface area (Å²) in [6.07, 6.45) is 15.5. The number of hydrogen-bond donors (Lipinski definition) is 0. The van der Waals surface area contributed by atoms with Crippen LogP contribution in [0.5, 0.6) is 5.75 Å². The molecule has 0 amide bonds. The van der Waals surface area contributed by atoms with Gasteiger partial charge < -0.3 is 9.47 Å². The first-order valence-corrected chi connectivity index (χ1v) is 15.4. The van der Waals surface area contributed by atoms with Gasteiger partial charge in [-0.25, -0.2) is 15.0 Å². The second kappa shape index (κ2) is 12.7. The van der Waals surface area contributed by atoms with E-state index in [-0.39, 0.29) is 0 Å². The van der Waals surface area contributed by atoms with Crippen LogP contribution < -0.4 is 4.74 Å². The van der Waals surface area contributed by atoms with E-state index >= 15 is 0 Å². The van der Waals surface area contributed by atoms with E-state index in [0.717, 1.165) is 44.9 Å². The molecule has 1 atom stereocenters. The van der Waals surface area contributed by atoms with E-state index < -0.39 is 5.60 Å². The molecule has 0 fully saturated rings. The van der Waals surface area contributed by atoms with Gasteiger partial charge in [0.25, 0.3) is 0 Å². The van der Waals surface area contributed by atoms with Gasteiger partial charge in [-0.2, -0.15) is 0 Å². The van der Waals surface area contributed by atoms with Gasteiger partial charge in [0.2, 0.25) is 0 Å². The predicted octanol–water partition coefficient (Wildman–Crippen LogP) is 9.43. The molecule has 7 rings (SSSR count). The van der Waals surface area contributed by atoms with Crippen LogP contribution in [-0.2, 0) is 10.3 Å². The van der Waals surface area contributed by atoms with Crippen LogP contribution >= 0.6 is 0 Å². The molecular weight excluding hydrogens is 566 g/mol. The number of rotatable bonds is 7. The van der Waals surface area contributed by atoms with Crippen LogP contribution in [0.4, 0.5) is 0 Å². The summed E-state index contributed by atoms with van der Waals surface area (Å²) in [5.41, 5.74) is 6.23. The maximum Gasteiger partial charge on any atom is 0.177 e. The smallest absolute Gasteiger partial charge is 0.177 e. The van der Waals surface area contributed by atoms with Crippen LogP contribution in [0, 0.1) is 0 Å². The van der Waals surface area contributed by atoms with Gasteiger partial charge in [-0.15, -0.1) is 0 Å². The minimum absolute atomic E-state index is 0.610. The molecule has 0 bridgehead atoms. The zero-order chi connectivity index (χ0) is 31.3. The van der Waals surface area contributed by atoms with Gasteiger partial charge in [0, 0.05) is 39.8 Å². The minimum Gasteiger partial charge on any atom is -0.497 e. The molecule has 0 N–H and O–H groups in total. The van der Waals surface area contributed by atoms with Gasteiger partial charge in [-0.1, -0.05) is 134 Å². The van der Waals surface area contributed by atoms with E-state index in [1.807, 2.05) is 85.8 Å². The lowest BCUT2D eigenvalue weighted by molar-refractivity contribution is 0.0693. The number of aromatic nitrogens is 3. The van der Waals surface area contributed by atoms with E-state index in [9.17, 15) is 0 Å². The van der Waals surface area contributed by atoms with Crippen molar-refractivity contribution in [3.05, 3.63) is 180 Å². The van der Waals surface area contributed by atoms with E-state index in [0.29, 0.717) is 23.9 Å². The van der Waals surface area contributed by atoms with Crippen molar-refractivity contribution in [1.82, 2.24) is 15.0 Å². The van der Waals surface area contributed by atoms with E-state index in [2.05, 4.69) is 72.9 Å². The first-order chi connectivity index (χ1) is 22.6. The summed E-state index contributed by atoms with van der Waals surface area (Å²) in [6.45, 7) is 2.02. The van der Waals surface area contributed by atoms with Crippen molar-refractivity contribution >= 4 is 0 Å². The summed E-state index contributed by atoms with van der Waals surface area (Å²) in [7, 11) is 1.68. The van der Waals surface area contributed by atoms with Gasteiger partial charge in [-0.05, 0) is 30.7 Å². The first kappa shape index (κ1) is 28.9. The van der Waals surface area contributed by atoms with Crippen molar-refractivity contribution in [2.24, 2.45) is 0 Å². The number of allylic oxidation sites excluding steroid dienone is 8. The molecular formula is C41H33N3O2. The molecule has 4 aromatic carbocycles. The molecule has 0 spiro atoms. The van der Waals surface area contributed by atoms with Crippen molar-refractivity contribution in [3.63, 3.8) is 0 Å². The Bertz CT molecular complexity index is 1950. The molecule has 2 aliphatic rings. The molecule has 5 nitrogen and oxygen atoms in total. The average molecular weight is 600 g/mol. The summed E-state index contributed by atoms with van der Waals surface area (Å²) in [4.78, 5) is 14.7. The first-order valence-electron chi connectivity index (χ1n) is 15.4. The van der Waals surface area contributed by atoms with Crippen molar-refractivity contribution in [1.29, 1.82) is 0 Å². The molecule has 224 valence electrons. The normalized spacial score (nSPS) is 18.1. The largest absolute Gasteiger partial charge is 0.497 e. The molecule has 0 radical (unpaired) electrons. The Morgan fingerprint density at radius 3 is 1.74 bits per heavy atom. The van der Waals surface area contributed by atoms with Crippen LogP contribution in [-0.4, -0.2) is 22.1 Å². The average Bonchev–Trinajstić information content (AvgIpc) is 3.14. The van der Waals surface area contributed by atoms with Crippen molar-refractivity contribution in [2.45, 2.75) is 18.9 Å². The second-order valence-corrected chi connectivity index (χ2v) is 11.2. The van der Waals surface area contributed by atoms with Gasteiger partial charge in [0.1, 0.15) is 11.5 Å². The lowest BCUT2D eigenvalue weighted by Crippen LogP contribution is -2.31. The van der Waals surface area contributed by atoms with Crippen LogP contribution in [0.3, 0.4) is 0 Å². The molecule has 1 aromatic heterocycles. The van der Waals surface area contributed by atoms with Crippen molar-refractivity contribution < 1.29 is 9.47 Å². The molecule has 1 aliphatic heterocycles. The maximum absolute atomic E-state index is 7.03. The highest BCUT2D eigenvalue weighted by Gasteiger charge is 2.38. The Morgan fingerprint density at radius 2 is 1.20 bits per heavy atom. The summed E-state index contributed by atoms with van der Waals surface area (Å²) < 4.78 is 12.5. The highest BCUT2D eigenvalue weighted by atomic mass is 16.5. The highest BCUT2D eigenvalue weighted by Crippen LogP contribution is 2.44. The fourth-order valence-electron chi connectivity index (χ4n) is 5.77. The van der Waals surface area contributed by atoms with Gasteiger partial charge in [0.05, 0.1) is 7.11 Å². The Balaban J connectivity index is 1.30. The molecule has 1 aliphatic carbocycles. The maximum atomic E-state index is 7.03. The van der Waals surface area contributed by atoms with Crippen LogP contribution in [0.25, 0.3) is 34.2 Å². The highest BCUT2D eigenvalue weighted by molar-refractivity contribution is 5.67. The van der Waals surface area contributed by atoms with E-state index in [1.165, 1.54) is 5.57 Å². The third-order valence-electron chi connectivity index (χ3n) is 8.24. The standard InChI is InChI=1S/C41H33N3O2/c1-3-4-11-29-16-17-30-26-27-41(46-37(30)28-29,35-22-24-36(45-2)25-23-35)34-20-18-33(19-21-34)40-43-38(31-12-7-5-8-13-31)42-39(44-40)32-14-9-6-10-15-32/h3-27H,28H2,1-2H3/b4-3-,29-11-. The molecule has 0 saturated carbocycles. The number of nitrogens with zero attached hydrogens (tertiary/aromatic N) is 3. The number of methoxy groups -OCH3 is 1. The predicted molar refractivity (Wildman–Crippen MR) is 184 cm³/mol. The fourth-order valence-corrected chi connectivity index (χ4v) is 5.77. The molecule has 2 heterocycles. The molecule has 5 heteroatoms. The molecule has 1 unspecified atom stereocenters. The third-order valence-corrected chi connectivity index (χ3v) is 8.24. The summed E-state index contributed by atoms with van der Waals surface area (Å²) >= 11 is 0. The summed E-state index contributed by atoms with van der Waals surface area (Å²) in [5, 5.41) is 0. The van der Waals surface area contributed by atoms with Gasteiger partial charge >= 0.3 is 0 Å². The Morgan fingerprint density at radius 1 is 0.652 bits per heavy atom. The fraction of sp³-hybridized carbons (Fsp3) is 0.0976. The van der Waals surface area contributed by atoms with Gasteiger partial charge in [0.15, 0.2) is 23.1 Å². The van der Waals surface area contributed by atoms with Crippen LogP contribution in [0.1, 0.15) is 24.5 Å². The zero-order valence-electron chi connectivity index (χ0n) is 25.8.